The van der Waals surface area contributed by atoms with Gasteiger partial charge in [0.2, 0.25) is 0 Å². The maximum atomic E-state index is 11.1. The van der Waals surface area contributed by atoms with Crippen LogP contribution in [-0.4, -0.2) is 44.5 Å². The van der Waals surface area contributed by atoms with Crippen molar-refractivity contribution < 1.29 is 15.0 Å². The lowest BCUT2D eigenvalue weighted by Crippen LogP contribution is -2.43. The van der Waals surface area contributed by atoms with Gasteiger partial charge in [0.1, 0.15) is 0 Å². The number of nitrogens with zero attached hydrogens (tertiary/aromatic N) is 2. The Bertz CT molecular complexity index is 751. The van der Waals surface area contributed by atoms with Gasteiger partial charge in [0.05, 0.1) is 17.8 Å². The second-order valence-corrected chi connectivity index (χ2v) is 7.53. The number of benzene rings is 1. The molecule has 130 valence electrons. The van der Waals surface area contributed by atoms with E-state index in [4.69, 9.17) is 16.7 Å². The Morgan fingerprint density at radius 2 is 2.08 bits per heavy atom. The summed E-state index contributed by atoms with van der Waals surface area (Å²) in [7, 11) is 0. The molecule has 1 fully saturated rings. The number of piperidine rings is 1. The van der Waals surface area contributed by atoms with E-state index in [1.54, 1.807) is 12.3 Å². The Balaban J connectivity index is 1.86. The molecule has 1 amide bonds. The number of hydrogen-bond donors (Lipinski definition) is 3. The lowest BCUT2D eigenvalue weighted by molar-refractivity contribution is -0.0164. The van der Waals surface area contributed by atoms with Crippen molar-refractivity contribution >= 4 is 28.6 Å². The molecule has 1 aromatic carbocycles. The molecule has 0 radical (unpaired) electrons. The third-order valence-electron chi connectivity index (χ3n) is 5.36. The minimum Gasteiger partial charge on any atom is -0.465 e. The molecule has 2 heterocycles. The number of rotatable bonds is 3. The van der Waals surface area contributed by atoms with Gasteiger partial charge in [-0.25, -0.2) is 4.79 Å². The number of aliphatic hydroxyl groups excluding tert-OH is 1. The van der Waals surface area contributed by atoms with E-state index in [1.165, 1.54) is 4.90 Å². The molecule has 1 atom stereocenters. The van der Waals surface area contributed by atoms with E-state index in [0.29, 0.717) is 18.1 Å². The number of nitrogens with one attached hydrogen (secondary N) is 1. The molecule has 7 heteroatoms. The van der Waals surface area contributed by atoms with Gasteiger partial charge in [-0.15, -0.1) is 0 Å². The summed E-state index contributed by atoms with van der Waals surface area (Å²) in [5, 5.41) is 28.6. The fourth-order valence-corrected chi connectivity index (χ4v) is 3.94. The van der Waals surface area contributed by atoms with Gasteiger partial charge in [0, 0.05) is 29.1 Å². The Kier molecular flexibility index (Phi) is 4.44. The van der Waals surface area contributed by atoms with Crippen molar-refractivity contribution in [2.45, 2.75) is 32.8 Å². The van der Waals surface area contributed by atoms with Crippen molar-refractivity contribution in [3.63, 3.8) is 0 Å². The zero-order valence-corrected chi connectivity index (χ0v) is 14.5. The Hall–Kier alpha value is -1.79. The molecule has 0 bridgehead atoms. The molecule has 1 aromatic heterocycles. The summed E-state index contributed by atoms with van der Waals surface area (Å²) < 4.78 is 0. The summed E-state index contributed by atoms with van der Waals surface area (Å²) >= 11 is 6.19. The van der Waals surface area contributed by atoms with E-state index in [-0.39, 0.29) is 5.92 Å². The fourth-order valence-electron chi connectivity index (χ4n) is 3.70. The maximum Gasteiger partial charge on any atom is 0.407 e. The van der Waals surface area contributed by atoms with Crippen LogP contribution in [0.1, 0.15) is 38.4 Å². The van der Waals surface area contributed by atoms with Crippen LogP contribution >= 0.6 is 11.6 Å². The van der Waals surface area contributed by atoms with Crippen LogP contribution in [0, 0.1) is 11.3 Å². The Labute approximate surface area is 145 Å². The highest BCUT2D eigenvalue weighted by Gasteiger charge is 2.40. The second-order valence-electron chi connectivity index (χ2n) is 7.10. The van der Waals surface area contributed by atoms with Gasteiger partial charge in [0.25, 0.3) is 0 Å². The molecule has 1 aliphatic heterocycles. The number of carboxylic acid groups (broad SMARTS) is 1. The third kappa shape index (κ3) is 2.96. The summed E-state index contributed by atoms with van der Waals surface area (Å²) in [4.78, 5) is 12.5. The van der Waals surface area contributed by atoms with Crippen molar-refractivity contribution in [2.75, 3.05) is 13.1 Å². The van der Waals surface area contributed by atoms with Crippen LogP contribution in [0.4, 0.5) is 4.79 Å². The number of aliphatic hydroxyl groups is 1. The van der Waals surface area contributed by atoms with Crippen LogP contribution in [0.25, 0.3) is 10.9 Å². The van der Waals surface area contributed by atoms with E-state index < -0.39 is 17.6 Å². The minimum atomic E-state index is -0.874. The molecule has 24 heavy (non-hydrogen) atoms. The standard InChI is InChI=1S/C17H22ClN3O3/c1-17(2,11-3-5-21(6-4-11)16(23)24)15(22)13-8-12(18)7-10-9-19-20-14(10)13/h7-9,11,15,22H,3-6H2,1-2H3,(H,19,20)(H,23,24). The Morgan fingerprint density at radius 3 is 2.71 bits per heavy atom. The summed E-state index contributed by atoms with van der Waals surface area (Å²) in [6.45, 7) is 5.07. The number of halogens is 1. The first-order valence-corrected chi connectivity index (χ1v) is 8.47. The van der Waals surface area contributed by atoms with Crippen LogP contribution in [0.5, 0.6) is 0 Å². The van der Waals surface area contributed by atoms with Crippen molar-refractivity contribution in [3.8, 4) is 0 Å². The summed E-state index contributed by atoms with van der Waals surface area (Å²) in [6, 6.07) is 3.59. The number of aromatic nitrogens is 2. The number of amides is 1. The van der Waals surface area contributed by atoms with Crippen molar-refractivity contribution in [2.24, 2.45) is 11.3 Å². The molecule has 3 rings (SSSR count). The zero-order valence-electron chi connectivity index (χ0n) is 13.8. The van der Waals surface area contributed by atoms with E-state index in [0.717, 1.165) is 29.3 Å². The average molecular weight is 352 g/mol. The van der Waals surface area contributed by atoms with Crippen LogP contribution in [0.3, 0.4) is 0 Å². The van der Waals surface area contributed by atoms with E-state index in [2.05, 4.69) is 10.2 Å². The quantitative estimate of drug-likeness (QED) is 0.787. The molecule has 1 aliphatic rings. The number of aromatic amines is 1. The summed E-state index contributed by atoms with van der Waals surface area (Å²) in [6.07, 6.45) is 1.57. The molecule has 0 saturated carbocycles. The molecule has 1 saturated heterocycles. The maximum absolute atomic E-state index is 11.1. The molecule has 0 spiro atoms. The molecule has 6 nitrogen and oxygen atoms in total. The van der Waals surface area contributed by atoms with E-state index in [9.17, 15) is 9.90 Å². The van der Waals surface area contributed by atoms with Crippen LogP contribution in [0.2, 0.25) is 5.02 Å². The first-order chi connectivity index (χ1) is 11.3. The van der Waals surface area contributed by atoms with Crippen LogP contribution in [-0.2, 0) is 0 Å². The highest BCUT2D eigenvalue weighted by atomic mass is 35.5. The van der Waals surface area contributed by atoms with Gasteiger partial charge in [-0.3, -0.25) is 5.10 Å². The minimum absolute atomic E-state index is 0.222. The average Bonchev–Trinajstić information content (AvgIpc) is 3.01. The van der Waals surface area contributed by atoms with E-state index in [1.807, 2.05) is 19.9 Å². The predicted molar refractivity (Wildman–Crippen MR) is 92.2 cm³/mol. The van der Waals surface area contributed by atoms with Crippen molar-refractivity contribution in [1.29, 1.82) is 0 Å². The number of likely N-dealkylation sites (tertiary alicyclic amines) is 1. The van der Waals surface area contributed by atoms with Crippen LogP contribution in [0.15, 0.2) is 18.3 Å². The molecular formula is C17H22ClN3O3. The van der Waals surface area contributed by atoms with Gasteiger partial charge in [0.15, 0.2) is 0 Å². The Morgan fingerprint density at radius 1 is 1.42 bits per heavy atom. The summed E-state index contributed by atoms with van der Waals surface area (Å²) in [5.74, 6) is 0.222. The van der Waals surface area contributed by atoms with Gasteiger partial charge < -0.3 is 15.1 Å². The first-order valence-electron chi connectivity index (χ1n) is 8.09. The zero-order chi connectivity index (χ0) is 17.5. The van der Waals surface area contributed by atoms with Gasteiger partial charge in [-0.1, -0.05) is 25.4 Å². The molecule has 1 unspecified atom stereocenters. The van der Waals surface area contributed by atoms with Crippen molar-refractivity contribution in [1.82, 2.24) is 15.1 Å². The van der Waals surface area contributed by atoms with Crippen molar-refractivity contribution in [3.05, 3.63) is 28.9 Å². The SMILES string of the molecule is CC(C)(C1CCN(C(=O)O)CC1)C(O)c1cc(Cl)cc2cn[nH]c12. The smallest absolute Gasteiger partial charge is 0.407 e. The first kappa shape index (κ1) is 17.0. The molecular weight excluding hydrogens is 330 g/mol. The summed E-state index contributed by atoms with van der Waals surface area (Å²) in [5.41, 5.74) is 1.12. The number of fused-ring (bicyclic) bond motifs is 1. The monoisotopic (exact) mass is 351 g/mol. The fraction of sp³-hybridized carbons (Fsp3) is 0.529. The highest BCUT2D eigenvalue weighted by molar-refractivity contribution is 6.31. The topological polar surface area (TPSA) is 89.5 Å². The number of H-pyrrole nitrogens is 1. The largest absolute Gasteiger partial charge is 0.465 e. The molecule has 2 aromatic rings. The van der Waals surface area contributed by atoms with Gasteiger partial charge >= 0.3 is 6.09 Å². The molecule has 3 N–H and O–H groups in total. The number of carbonyl (C=O) groups is 1. The van der Waals surface area contributed by atoms with Gasteiger partial charge in [-0.05, 0) is 36.3 Å². The lowest BCUT2D eigenvalue weighted by atomic mass is 9.68. The third-order valence-corrected chi connectivity index (χ3v) is 5.58. The van der Waals surface area contributed by atoms with E-state index >= 15 is 0 Å². The highest BCUT2D eigenvalue weighted by Crippen LogP contribution is 2.46. The number of hydrogen-bond acceptors (Lipinski definition) is 3. The lowest BCUT2D eigenvalue weighted by Gasteiger charge is -2.42. The van der Waals surface area contributed by atoms with Gasteiger partial charge in [-0.2, -0.15) is 5.10 Å². The van der Waals surface area contributed by atoms with Crippen LogP contribution < -0.4 is 0 Å². The molecule has 0 aliphatic carbocycles. The second kappa shape index (κ2) is 6.26. The normalized spacial score (nSPS) is 18.1. The predicted octanol–water partition coefficient (Wildman–Crippen LogP) is 3.67.